The zero-order valence-electron chi connectivity index (χ0n) is 17.9. The number of benzene rings is 3. The molecule has 0 radical (unpaired) electrons. The summed E-state index contributed by atoms with van der Waals surface area (Å²) < 4.78 is 2.43. The fraction of sp³-hybridized carbons (Fsp3) is 0.308. The van der Waals surface area contributed by atoms with Crippen LogP contribution in [0.3, 0.4) is 0 Å². The Bertz CT molecular complexity index is 1090. The number of hydrogen-bond acceptors (Lipinski definition) is 1. The summed E-state index contributed by atoms with van der Waals surface area (Å²) in [4.78, 5) is 2.39. The van der Waals surface area contributed by atoms with Crippen molar-refractivity contribution in [2.24, 2.45) is 0 Å². The van der Waals surface area contributed by atoms with Gasteiger partial charge in [0.05, 0.1) is 11.0 Å². The van der Waals surface area contributed by atoms with Gasteiger partial charge in [0.15, 0.2) is 0 Å². The van der Waals surface area contributed by atoms with Crippen LogP contribution in [-0.2, 0) is 0 Å². The lowest BCUT2D eigenvalue weighted by Crippen LogP contribution is -2.21. The predicted octanol–water partition coefficient (Wildman–Crippen LogP) is 6.86. The zero-order valence-corrected chi connectivity index (χ0v) is 17.9. The van der Waals surface area contributed by atoms with Crippen molar-refractivity contribution in [2.45, 2.75) is 41.5 Å². The Morgan fingerprint density at radius 3 is 1.50 bits per heavy atom. The SMILES string of the molecule is CCN(CC)c1ccc(-n2c3cc(C)c(C)cc3c3cc(C)c(C)cc32)cc1. The van der Waals surface area contributed by atoms with E-state index < -0.39 is 0 Å². The van der Waals surface area contributed by atoms with Crippen LogP contribution < -0.4 is 4.90 Å². The molecule has 2 nitrogen and oxygen atoms in total. The average molecular weight is 371 g/mol. The van der Waals surface area contributed by atoms with Crippen molar-refractivity contribution in [1.82, 2.24) is 4.57 Å². The molecule has 0 aliphatic rings. The largest absolute Gasteiger partial charge is 0.372 e. The van der Waals surface area contributed by atoms with Crippen LogP contribution in [0.4, 0.5) is 5.69 Å². The van der Waals surface area contributed by atoms with Gasteiger partial charge in [0, 0.05) is 35.2 Å². The number of anilines is 1. The first-order chi connectivity index (χ1) is 13.4. The van der Waals surface area contributed by atoms with E-state index in [1.54, 1.807) is 0 Å². The van der Waals surface area contributed by atoms with E-state index in [2.05, 4.69) is 99.5 Å². The summed E-state index contributed by atoms with van der Waals surface area (Å²) in [7, 11) is 0. The number of rotatable bonds is 4. The minimum atomic E-state index is 1.03. The monoisotopic (exact) mass is 370 g/mol. The third-order valence-corrected chi connectivity index (χ3v) is 6.23. The summed E-state index contributed by atoms with van der Waals surface area (Å²) >= 11 is 0. The maximum absolute atomic E-state index is 2.43. The molecule has 4 rings (SSSR count). The van der Waals surface area contributed by atoms with Gasteiger partial charge in [-0.1, -0.05) is 0 Å². The van der Waals surface area contributed by atoms with Crippen LogP contribution in [0.25, 0.3) is 27.5 Å². The van der Waals surface area contributed by atoms with Gasteiger partial charge in [-0.05, 0) is 112 Å². The second-order valence-electron chi connectivity index (χ2n) is 7.93. The van der Waals surface area contributed by atoms with Gasteiger partial charge < -0.3 is 9.47 Å². The maximum Gasteiger partial charge on any atom is 0.0543 e. The number of aryl methyl sites for hydroxylation is 4. The van der Waals surface area contributed by atoms with Gasteiger partial charge in [0.1, 0.15) is 0 Å². The van der Waals surface area contributed by atoms with Gasteiger partial charge in [-0.15, -0.1) is 0 Å². The highest BCUT2D eigenvalue weighted by atomic mass is 15.1. The summed E-state index contributed by atoms with van der Waals surface area (Å²) in [6.07, 6.45) is 0. The normalized spacial score (nSPS) is 11.5. The van der Waals surface area contributed by atoms with E-state index in [0.29, 0.717) is 0 Å². The smallest absolute Gasteiger partial charge is 0.0543 e. The van der Waals surface area contributed by atoms with E-state index in [1.807, 2.05) is 0 Å². The van der Waals surface area contributed by atoms with Gasteiger partial charge in [0.2, 0.25) is 0 Å². The average Bonchev–Trinajstić information content (AvgIpc) is 2.96. The zero-order chi connectivity index (χ0) is 20.0. The fourth-order valence-electron chi connectivity index (χ4n) is 4.21. The molecule has 3 aromatic carbocycles. The van der Waals surface area contributed by atoms with Gasteiger partial charge in [0.25, 0.3) is 0 Å². The Morgan fingerprint density at radius 2 is 1.07 bits per heavy atom. The van der Waals surface area contributed by atoms with Crippen molar-refractivity contribution >= 4 is 27.5 Å². The quantitative estimate of drug-likeness (QED) is 0.381. The molecule has 0 aliphatic carbocycles. The molecule has 144 valence electrons. The first kappa shape index (κ1) is 18.6. The van der Waals surface area contributed by atoms with Crippen LogP contribution in [-0.4, -0.2) is 17.7 Å². The van der Waals surface area contributed by atoms with E-state index in [4.69, 9.17) is 0 Å². The molecule has 1 heterocycles. The van der Waals surface area contributed by atoms with Crippen molar-refractivity contribution in [1.29, 1.82) is 0 Å². The number of hydrogen-bond donors (Lipinski definition) is 0. The highest BCUT2D eigenvalue weighted by molar-refractivity contribution is 6.10. The van der Waals surface area contributed by atoms with Gasteiger partial charge in [-0.2, -0.15) is 0 Å². The molecule has 0 N–H and O–H groups in total. The predicted molar refractivity (Wildman–Crippen MR) is 123 cm³/mol. The van der Waals surface area contributed by atoms with E-state index in [-0.39, 0.29) is 0 Å². The van der Waals surface area contributed by atoms with E-state index in [1.165, 1.54) is 55.4 Å². The second kappa shape index (κ2) is 7.01. The minimum Gasteiger partial charge on any atom is -0.372 e. The molecule has 0 saturated carbocycles. The standard InChI is InChI=1S/C26H30N2/c1-7-27(8-2)21-9-11-22(12-10-21)28-25-15-19(5)17(3)13-23(25)24-14-18(4)20(6)16-26(24)28/h9-16H,7-8H2,1-6H3. The minimum absolute atomic E-state index is 1.03. The van der Waals surface area contributed by atoms with Crippen LogP contribution >= 0.6 is 0 Å². The third kappa shape index (κ3) is 2.88. The molecule has 2 heteroatoms. The Kier molecular flexibility index (Phi) is 4.66. The van der Waals surface area contributed by atoms with Crippen molar-refractivity contribution < 1.29 is 0 Å². The number of nitrogens with zero attached hydrogens (tertiary/aromatic N) is 2. The second-order valence-corrected chi connectivity index (χ2v) is 7.93. The Morgan fingerprint density at radius 1 is 0.643 bits per heavy atom. The van der Waals surface area contributed by atoms with Gasteiger partial charge in [-0.3, -0.25) is 0 Å². The van der Waals surface area contributed by atoms with Crippen LogP contribution in [0.2, 0.25) is 0 Å². The Labute approximate surface area is 168 Å². The van der Waals surface area contributed by atoms with Crippen LogP contribution in [0.1, 0.15) is 36.1 Å². The van der Waals surface area contributed by atoms with E-state index >= 15 is 0 Å². The molecule has 28 heavy (non-hydrogen) atoms. The molecular weight excluding hydrogens is 340 g/mol. The lowest BCUT2D eigenvalue weighted by molar-refractivity contribution is 0.866. The maximum atomic E-state index is 2.43. The summed E-state index contributed by atoms with van der Waals surface area (Å²) in [5.74, 6) is 0. The molecule has 0 spiro atoms. The first-order valence-corrected chi connectivity index (χ1v) is 10.3. The van der Waals surface area contributed by atoms with Crippen LogP contribution in [0, 0.1) is 27.7 Å². The summed E-state index contributed by atoms with van der Waals surface area (Å²) in [5.41, 5.74) is 10.5. The first-order valence-electron chi connectivity index (χ1n) is 10.3. The Hall–Kier alpha value is -2.74. The Balaban J connectivity index is 2.01. The number of fused-ring (bicyclic) bond motifs is 3. The van der Waals surface area contributed by atoms with Crippen molar-refractivity contribution in [3.05, 3.63) is 70.8 Å². The molecule has 0 saturated heterocycles. The number of aromatic nitrogens is 1. The molecule has 0 bridgehead atoms. The summed E-state index contributed by atoms with van der Waals surface area (Å²) in [5, 5.41) is 2.68. The fourth-order valence-corrected chi connectivity index (χ4v) is 4.21. The van der Waals surface area contributed by atoms with Gasteiger partial charge in [-0.25, -0.2) is 0 Å². The molecule has 0 unspecified atom stereocenters. The topological polar surface area (TPSA) is 8.17 Å². The lowest BCUT2D eigenvalue weighted by atomic mass is 10.0. The van der Waals surface area contributed by atoms with Crippen LogP contribution in [0.5, 0.6) is 0 Å². The van der Waals surface area contributed by atoms with E-state index in [9.17, 15) is 0 Å². The highest BCUT2D eigenvalue weighted by Gasteiger charge is 2.15. The molecule has 0 aliphatic heterocycles. The van der Waals surface area contributed by atoms with Crippen molar-refractivity contribution in [2.75, 3.05) is 18.0 Å². The van der Waals surface area contributed by atoms with Crippen LogP contribution in [0.15, 0.2) is 48.5 Å². The summed E-state index contributed by atoms with van der Waals surface area (Å²) in [6, 6.07) is 18.4. The molecule has 1 aromatic heterocycles. The summed E-state index contributed by atoms with van der Waals surface area (Å²) in [6.45, 7) is 15.3. The van der Waals surface area contributed by atoms with Crippen molar-refractivity contribution in [3.63, 3.8) is 0 Å². The molecule has 0 atom stereocenters. The highest BCUT2D eigenvalue weighted by Crippen LogP contribution is 2.35. The molecule has 0 amide bonds. The lowest BCUT2D eigenvalue weighted by Gasteiger charge is -2.21. The molecular formula is C26H30N2. The van der Waals surface area contributed by atoms with Crippen molar-refractivity contribution in [3.8, 4) is 5.69 Å². The molecule has 0 fully saturated rings. The third-order valence-electron chi connectivity index (χ3n) is 6.23. The van der Waals surface area contributed by atoms with Gasteiger partial charge >= 0.3 is 0 Å². The molecule has 4 aromatic rings. The van der Waals surface area contributed by atoms with E-state index in [0.717, 1.165) is 13.1 Å².